The van der Waals surface area contributed by atoms with Gasteiger partial charge in [-0.25, -0.2) is 0 Å². The Morgan fingerprint density at radius 1 is 1.33 bits per heavy atom. The number of nitrogens with two attached hydrogens (primary N) is 1. The SMILES string of the molecule is Cc1ccccc1OCCCC(=O)N1CCC(N)CC1.Cl. The van der Waals surface area contributed by atoms with Crippen molar-refractivity contribution in [2.75, 3.05) is 19.7 Å². The number of para-hydroxylation sites is 1. The van der Waals surface area contributed by atoms with E-state index in [1.807, 2.05) is 36.1 Å². The molecule has 5 heteroatoms. The highest BCUT2D eigenvalue weighted by Gasteiger charge is 2.19. The molecule has 0 bridgehead atoms. The summed E-state index contributed by atoms with van der Waals surface area (Å²) in [7, 11) is 0. The van der Waals surface area contributed by atoms with Crippen molar-refractivity contribution in [1.82, 2.24) is 4.90 Å². The number of rotatable bonds is 5. The predicted octanol–water partition coefficient (Wildman–Crippen LogP) is 2.53. The number of piperidine rings is 1. The summed E-state index contributed by atoms with van der Waals surface area (Å²) in [6.45, 7) is 4.22. The van der Waals surface area contributed by atoms with E-state index in [1.165, 1.54) is 0 Å². The number of hydrogen-bond acceptors (Lipinski definition) is 3. The number of likely N-dealkylation sites (tertiary alicyclic amines) is 1. The molecule has 1 aliphatic heterocycles. The number of amides is 1. The van der Waals surface area contributed by atoms with E-state index in [4.69, 9.17) is 10.5 Å². The van der Waals surface area contributed by atoms with Crippen LogP contribution in [-0.2, 0) is 4.79 Å². The van der Waals surface area contributed by atoms with Gasteiger partial charge in [-0.1, -0.05) is 18.2 Å². The Kier molecular flexibility index (Phi) is 7.54. The van der Waals surface area contributed by atoms with Crippen LogP contribution >= 0.6 is 12.4 Å². The maximum absolute atomic E-state index is 12.0. The second-order valence-corrected chi connectivity index (χ2v) is 5.44. The summed E-state index contributed by atoms with van der Waals surface area (Å²) >= 11 is 0. The average Bonchev–Trinajstić information content (AvgIpc) is 2.46. The number of aryl methyl sites for hydroxylation is 1. The molecule has 0 spiro atoms. The highest BCUT2D eigenvalue weighted by atomic mass is 35.5. The lowest BCUT2D eigenvalue weighted by molar-refractivity contribution is -0.132. The fraction of sp³-hybridized carbons (Fsp3) is 0.562. The number of benzene rings is 1. The van der Waals surface area contributed by atoms with E-state index in [2.05, 4.69) is 0 Å². The summed E-state index contributed by atoms with van der Waals surface area (Å²) < 4.78 is 5.70. The molecule has 0 atom stereocenters. The van der Waals surface area contributed by atoms with Crippen molar-refractivity contribution < 1.29 is 9.53 Å². The van der Waals surface area contributed by atoms with E-state index in [0.717, 1.165) is 43.7 Å². The maximum Gasteiger partial charge on any atom is 0.222 e. The van der Waals surface area contributed by atoms with Crippen LogP contribution in [0.3, 0.4) is 0 Å². The van der Waals surface area contributed by atoms with Crippen molar-refractivity contribution in [3.8, 4) is 5.75 Å². The Balaban J connectivity index is 0.00000220. The van der Waals surface area contributed by atoms with Gasteiger partial charge in [0, 0.05) is 25.6 Å². The lowest BCUT2D eigenvalue weighted by Crippen LogP contribution is -2.42. The minimum absolute atomic E-state index is 0. The molecule has 1 amide bonds. The van der Waals surface area contributed by atoms with Crippen LogP contribution in [0.2, 0.25) is 0 Å². The molecule has 0 aliphatic carbocycles. The number of nitrogens with zero attached hydrogens (tertiary/aromatic N) is 1. The predicted molar refractivity (Wildman–Crippen MR) is 86.9 cm³/mol. The topological polar surface area (TPSA) is 55.6 Å². The number of halogens is 1. The molecule has 1 fully saturated rings. The van der Waals surface area contributed by atoms with E-state index in [-0.39, 0.29) is 24.4 Å². The number of carbonyl (C=O) groups is 1. The van der Waals surface area contributed by atoms with Gasteiger partial charge in [0.1, 0.15) is 5.75 Å². The van der Waals surface area contributed by atoms with Crippen molar-refractivity contribution in [3.05, 3.63) is 29.8 Å². The standard InChI is InChI=1S/C16H24N2O2.ClH/c1-13-5-2-3-6-15(13)20-12-4-7-16(19)18-10-8-14(17)9-11-18;/h2-3,5-6,14H,4,7-12,17H2,1H3;1H. The summed E-state index contributed by atoms with van der Waals surface area (Å²) in [4.78, 5) is 13.9. The van der Waals surface area contributed by atoms with Gasteiger partial charge in [0.15, 0.2) is 0 Å². The van der Waals surface area contributed by atoms with Crippen LogP contribution in [0.15, 0.2) is 24.3 Å². The summed E-state index contributed by atoms with van der Waals surface area (Å²) in [5.74, 6) is 1.13. The van der Waals surface area contributed by atoms with Crippen molar-refractivity contribution >= 4 is 18.3 Å². The molecule has 118 valence electrons. The lowest BCUT2D eigenvalue weighted by atomic mass is 10.1. The third-order valence-corrected chi connectivity index (χ3v) is 3.78. The molecule has 0 unspecified atom stereocenters. The molecule has 1 aromatic carbocycles. The fourth-order valence-corrected chi connectivity index (χ4v) is 2.43. The Hall–Kier alpha value is -1.26. The van der Waals surface area contributed by atoms with Crippen LogP contribution in [-0.4, -0.2) is 36.5 Å². The molecule has 21 heavy (non-hydrogen) atoms. The Bertz CT molecular complexity index is 446. The zero-order chi connectivity index (χ0) is 14.4. The molecule has 2 rings (SSSR count). The van der Waals surface area contributed by atoms with Crippen LogP contribution in [0.5, 0.6) is 5.75 Å². The first-order valence-corrected chi connectivity index (χ1v) is 7.38. The molecule has 1 saturated heterocycles. The number of ether oxygens (including phenoxy) is 1. The Morgan fingerprint density at radius 3 is 2.67 bits per heavy atom. The van der Waals surface area contributed by atoms with Gasteiger partial charge in [-0.15, -0.1) is 12.4 Å². The van der Waals surface area contributed by atoms with Crippen LogP contribution in [0.1, 0.15) is 31.2 Å². The van der Waals surface area contributed by atoms with Crippen LogP contribution in [0.25, 0.3) is 0 Å². The molecule has 4 nitrogen and oxygen atoms in total. The average molecular weight is 313 g/mol. The quantitative estimate of drug-likeness (QED) is 0.850. The summed E-state index contributed by atoms with van der Waals surface area (Å²) in [5.41, 5.74) is 6.97. The molecular formula is C16H25ClN2O2. The monoisotopic (exact) mass is 312 g/mol. The highest BCUT2D eigenvalue weighted by Crippen LogP contribution is 2.16. The summed E-state index contributed by atoms with van der Waals surface area (Å²) in [6, 6.07) is 8.21. The summed E-state index contributed by atoms with van der Waals surface area (Å²) in [5, 5.41) is 0. The fourth-order valence-electron chi connectivity index (χ4n) is 2.43. The number of hydrogen-bond donors (Lipinski definition) is 1. The van der Waals surface area contributed by atoms with E-state index in [0.29, 0.717) is 13.0 Å². The van der Waals surface area contributed by atoms with Crippen LogP contribution < -0.4 is 10.5 Å². The third-order valence-electron chi connectivity index (χ3n) is 3.78. The normalized spacial score (nSPS) is 15.4. The van der Waals surface area contributed by atoms with Gasteiger partial charge in [0.05, 0.1) is 6.61 Å². The molecule has 1 aromatic rings. The van der Waals surface area contributed by atoms with E-state index in [9.17, 15) is 4.79 Å². The first-order valence-electron chi connectivity index (χ1n) is 7.38. The van der Waals surface area contributed by atoms with Gasteiger partial charge in [-0.2, -0.15) is 0 Å². The molecule has 2 N–H and O–H groups in total. The first-order chi connectivity index (χ1) is 9.66. The minimum Gasteiger partial charge on any atom is -0.493 e. The van der Waals surface area contributed by atoms with Crippen molar-refractivity contribution in [2.45, 2.75) is 38.6 Å². The molecule has 1 heterocycles. The third kappa shape index (κ3) is 5.56. The second-order valence-electron chi connectivity index (χ2n) is 5.44. The van der Waals surface area contributed by atoms with E-state index in [1.54, 1.807) is 0 Å². The van der Waals surface area contributed by atoms with Gasteiger partial charge >= 0.3 is 0 Å². The van der Waals surface area contributed by atoms with Crippen LogP contribution in [0.4, 0.5) is 0 Å². The van der Waals surface area contributed by atoms with Crippen molar-refractivity contribution in [1.29, 1.82) is 0 Å². The molecule has 0 aromatic heterocycles. The zero-order valence-electron chi connectivity index (χ0n) is 12.6. The molecule has 0 saturated carbocycles. The molecule has 1 aliphatic rings. The summed E-state index contributed by atoms with van der Waals surface area (Å²) in [6.07, 6.45) is 3.16. The maximum atomic E-state index is 12.0. The largest absolute Gasteiger partial charge is 0.493 e. The van der Waals surface area contributed by atoms with Gasteiger partial charge < -0.3 is 15.4 Å². The van der Waals surface area contributed by atoms with Crippen LogP contribution in [0, 0.1) is 6.92 Å². The lowest BCUT2D eigenvalue weighted by Gasteiger charge is -2.30. The smallest absolute Gasteiger partial charge is 0.222 e. The molecule has 0 radical (unpaired) electrons. The van der Waals surface area contributed by atoms with Crippen molar-refractivity contribution in [2.24, 2.45) is 5.73 Å². The highest BCUT2D eigenvalue weighted by molar-refractivity contribution is 5.85. The van der Waals surface area contributed by atoms with E-state index < -0.39 is 0 Å². The zero-order valence-corrected chi connectivity index (χ0v) is 13.4. The van der Waals surface area contributed by atoms with Gasteiger partial charge in [0.25, 0.3) is 0 Å². The van der Waals surface area contributed by atoms with E-state index >= 15 is 0 Å². The number of carbonyl (C=O) groups excluding carboxylic acids is 1. The second kappa shape index (κ2) is 8.90. The van der Waals surface area contributed by atoms with Gasteiger partial charge in [0.2, 0.25) is 5.91 Å². The Morgan fingerprint density at radius 2 is 2.00 bits per heavy atom. The first kappa shape index (κ1) is 17.8. The van der Waals surface area contributed by atoms with Gasteiger partial charge in [-0.05, 0) is 37.8 Å². The van der Waals surface area contributed by atoms with Crippen molar-refractivity contribution in [3.63, 3.8) is 0 Å². The molecular weight excluding hydrogens is 288 g/mol. The van der Waals surface area contributed by atoms with Gasteiger partial charge in [-0.3, -0.25) is 4.79 Å². The minimum atomic E-state index is 0. The Labute approximate surface area is 133 Å².